The number of carbonyl (C=O) groups excluding carboxylic acids is 1. The number of methoxy groups -OCH3 is 3. The number of carbonyl (C=O) groups is 1. The Bertz CT molecular complexity index is 1120. The number of amides is 1. The number of anilines is 1. The van der Waals surface area contributed by atoms with Crippen LogP contribution in [0.4, 0.5) is 5.82 Å². The molecule has 0 aliphatic rings. The minimum absolute atomic E-state index is 0.0235. The Morgan fingerprint density at radius 2 is 1.88 bits per heavy atom. The van der Waals surface area contributed by atoms with Gasteiger partial charge in [0.25, 0.3) is 5.91 Å². The Labute approximate surface area is 182 Å². The molecule has 4 N–H and O–H groups in total. The molecule has 0 radical (unpaired) electrons. The third kappa shape index (κ3) is 4.59. The lowest BCUT2D eigenvalue weighted by Gasteiger charge is -2.11. The number of benzene rings is 1. The first-order chi connectivity index (χ1) is 15.4. The van der Waals surface area contributed by atoms with Crippen LogP contribution in [-0.4, -0.2) is 72.9 Å². The van der Waals surface area contributed by atoms with E-state index in [2.05, 4.69) is 35.8 Å². The number of nitrogens with two attached hydrogens (primary N) is 1. The molecule has 0 fully saturated rings. The summed E-state index contributed by atoms with van der Waals surface area (Å²) in [6.07, 6.45) is 1.42. The van der Waals surface area contributed by atoms with Crippen molar-refractivity contribution in [3.8, 4) is 23.1 Å². The molecule has 1 aromatic carbocycles. The molecule has 14 heteroatoms. The van der Waals surface area contributed by atoms with Crippen LogP contribution in [0.5, 0.6) is 17.2 Å². The third-order valence-corrected chi connectivity index (χ3v) is 4.30. The van der Waals surface area contributed by atoms with E-state index in [9.17, 15) is 4.79 Å². The van der Waals surface area contributed by atoms with Crippen LogP contribution in [0.1, 0.15) is 21.7 Å². The van der Waals surface area contributed by atoms with E-state index < -0.39 is 5.91 Å². The molecule has 170 valence electrons. The maximum atomic E-state index is 12.8. The molecule has 0 bridgehead atoms. The topological polar surface area (TPSA) is 169 Å². The lowest BCUT2D eigenvalue weighted by Crippen LogP contribution is -3.04. The maximum absolute atomic E-state index is 12.8. The predicted octanol–water partition coefficient (Wildman–Crippen LogP) is -1.33. The first-order valence-electron chi connectivity index (χ1n) is 9.35. The highest BCUT2D eigenvalue weighted by atomic mass is 16.6. The molecule has 0 aliphatic heterocycles. The molecule has 3 aromatic rings. The van der Waals surface area contributed by atoms with Gasteiger partial charge in [0.05, 0.1) is 41.6 Å². The van der Waals surface area contributed by atoms with Crippen LogP contribution >= 0.6 is 0 Å². The monoisotopic (exact) mass is 446 g/mol. The largest absolute Gasteiger partial charge is 0.496 e. The van der Waals surface area contributed by atoms with Gasteiger partial charge in [0.2, 0.25) is 11.6 Å². The highest BCUT2D eigenvalue weighted by molar-refractivity contribution is 5.94. The first-order valence-corrected chi connectivity index (χ1v) is 9.35. The summed E-state index contributed by atoms with van der Waals surface area (Å²) in [5.74, 6) is 1.07. The van der Waals surface area contributed by atoms with Gasteiger partial charge in [-0.05, 0) is 16.4 Å². The van der Waals surface area contributed by atoms with E-state index in [0.29, 0.717) is 35.1 Å². The van der Waals surface area contributed by atoms with Crippen LogP contribution in [0.25, 0.3) is 5.82 Å². The van der Waals surface area contributed by atoms with Gasteiger partial charge in [-0.3, -0.25) is 4.79 Å². The second kappa shape index (κ2) is 9.74. The van der Waals surface area contributed by atoms with Gasteiger partial charge in [0.15, 0.2) is 17.2 Å². The zero-order chi connectivity index (χ0) is 23.3. The number of hydrogen-bond donors (Lipinski definition) is 3. The molecule has 14 nitrogen and oxygen atoms in total. The van der Waals surface area contributed by atoms with E-state index in [-0.39, 0.29) is 17.3 Å². The van der Waals surface area contributed by atoms with Gasteiger partial charge in [-0.15, -0.1) is 5.10 Å². The molecular formula is C18H24N9O5+. The first kappa shape index (κ1) is 22.5. The highest BCUT2D eigenvalue weighted by Gasteiger charge is 2.25. The number of ether oxygens (including phenoxy) is 3. The zero-order valence-electron chi connectivity index (χ0n) is 18.2. The van der Waals surface area contributed by atoms with E-state index in [1.165, 1.54) is 32.2 Å². The van der Waals surface area contributed by atoms with E-state index in [1.54, 1.807) is 12.1 Å². The summed E-state index contributed by atoms with van der Waals surface area (Å²) in [5.41, 5.74) is 9.28. The van der Waals surface area contributed by atoms with Crippen molar-refractivity contribution in [1.29, 1.82) is 0 Å². The zero-order valence-corrected chi connectivity index (χ0v) is 18.2. The normalized spacial score (nSPS) is 11.2. The SMILES string of the molecule is COc1cc(OC)c(OC)cc1/C=N\NC(=O)c1nnn(-c2nonc2N)c1C[NH+](C)C. The summed E-state index contributed by atoms with van der Waals surface area (Å²) >= 11 is 0. The summed E-state index contributed by atoms with van der Waals surface area (Å²) in [6, 6.07) is 3.33. The third-order valence-electron chi connectivity index (χ3n) is 4.30. The Morgan fingerprint density at radius 1 is 1.19 bits per heavy atom. The van der Waals surface area contributed by atoms with Crippen molar-refractivity contribution >= 4 is 17.9 Å². The van der Waals surface area contributed by atoms with Crippen molar-refractivity contribution in [1.82, 2.24) is 30.7 Å². The Kier molecular flexibility index (Phi) is 6.84. The summed E-state index contributed by atoms with van der Waals surface area (Å²) in [5, 5.41) is 19.2. The second-order valence-electron chi connectivity index (χ2n) is 6.80. The Morgan fingerprint density at radius 3 is 2.47 bits per heavy atom. The minimum atomic E-state index is -0.571. The van der Waals surface area contributed by atoms with E-state index in [0.717, 1.165) is 4.90 Å². The molecule has 1 amide bonds. The van der Waals surface area contributed by atoms with Crippen molar-refractivity contribution in [2.24, 2.45) is 5.10 Å². The van der Waals surface area contributed by atoms with Gasteiger partial charge in [-0.2, -0.15) is 9.78 Å². The van der Waals surface area contributed by atoms with Crippen LogP contribution < -0.4 is 30.3 Å². The number of aromatic nitrogens is 5. The fraction of sp³-hybridized carbons (Fsp3) is 0.333. The molecule has 0 unspecified atom stereocenters. The Balaban J connectivity index is 1.86. The summed E-state index contributed by atoms with van der Waals surface area (Å²) in [4.78, 5) is 13.8. The van der Waals surface area contributed by atoms with Gasteiger partial charge in [0.1, 0.15) is 18.0 Å². The molecule has 2 aromatic heterocycles. The van der Waals surface area contributed by atoms with Crippen LogP contribution in [0.3, 0.4) is 0 Å². The van der Waals surface area contributed by atoms with Crippen LogP contribution in [0, 0.1) is 0 Å². The number of quaternary nitrogens is 1. The van der Waals surface area contributed by atoms with E-state index in [1.807, 2.05) is 14.1 Å². The molecule has 0 aliphatic carbocycles. The molecule has 32 heavy (non-hydrogen) atoms. The van der Waals surface area contributed by atoms with Gasteiger partial charge in [-0.1, -0.05) is 5.21 Å². The molecular weight excluding hydrogens is 422 g/mol. The van der Waals surface area contributed by atoms with E-state index >= 15 is 0 Å². The number of hydrazone groups is 1. The van der Waals surface area contributed by atoms with Crippen LogP contribution in [-0.2, 0) is 6.54 Å². The molecule has 0 saturated carbocycles. The quantitative estimate of drug-likeness (QED) is 0.264. The number of nitrogens with one attached hydrogen (secondary N) is 2. The number of nitrogen functional groups attached to an aromatic ring is 1. The van der Waals surface area contributed by atoms with Gasteiger partial charge < -0.3 is 24.8 Å². The maximum Gasteiger partial charge on any atom is 0.294 e. The molecule has 0 spiro atoms. The lowest BCUT2D eigenvalue weighted by atomic mass is 10.2. The number of nitrogens with zero attached hydrogens (tertiary/aromatic N) is 6. The van der Waals surface area contributed by atoms with Crippen molar-refractivity contribution in [3.63, 3.8) is 0 Å². The smallest absolute Gasteiger partial charge is 0.294 e. The summed E-state index contributed by atoms with van der Waals surface area (Å²) in [6.45, 7) is 0.398. The average molecular weight is 446 g/mol. The van der Waals surface area contributed by atoms with Crippen molar-refractivity contribution < 1.29 is 28.5 Å². The van der Waals surface area contributed by atoms with Crippen molar-refractivity contribution in [2.75, 3.05) is 41.2 Å². The van der Waals surface area contributed by atoms with Gasteiger partial charge in [-0.25, -0.2) is 10.1 Å². The predicted molar refractivity (Wildman–Crippen MR) is 111 cm³/mol. The lowest BCUT2D eigenvalue weighted by molar-refractivity contribution is -0.873. The summed E-state index contributed by atoms with van der Waals surface area (Å²) < 4.78 is 21.8. The second-order valence-corrected chi connectivity index (χ2v) is 6.80. The van der Waals surface area contributed by atoms with Gasteiger partial charge >= 0.3 is 0 Å². The number of hydrogen-bond acceptors (Lipinski definition) is 11. The highest BCUT2D eigenvalue weighted by Crippen LogP contribution is 2.33. The molecule has 0 atom stereocenters. The van der Waals surface area contributed by atoms with Gasteiger partial charge in [0, 0.05) is 11.6 Å². The average Bonchev–Trinajstić information content (AvgIpc) is 3.38. The van der Waals surface area contributed by atoms with Crippen LogP contribution in [0.15, 0.2) is 21.9 Å². The summed E-state index contributed by atoms with van der Waals surface area (Å²) in [7, 11) is 8.36. The van der Waals surface area contributed by atoms with Crippen molar-refractivity contribution in [3.05, 3.63) is 29.1 Å². The standard InChI is InChI=1S/C18H23N9O5/c1-26(2)9-11-15(21-25-27(11)17-16(19)23-32-24-17)18(28)22-20-8-10-6-13(30-4)14(31-5)7-12(10)29-3/h6-8H,9H2,1-5H3,(H2,19,23)(H,22,28)/p+1/b20-8-. The minimum Gasteiger partial charge on any atom is -0.496 e. The fourth-order valence-electron chi connectivity index (χ4n) is 2.85. The molecule has 3 rings (SSSR count). The molecule has 0 saturated heterocycles. The van der Waals surface area contributed by atoms with Crippen LogP contribution in [0.2, 0.25) is 0 Å². The number of rotatable bonds is 9. The van der Waals surface area contributed by atoms with Crippen molar-refractivity contribution in [2.45, 2.75) is 6.54 Å². The van der Waals surface area contributed by atoms with E-state index in [4.69, 9.17) is 19.9 Å². The fourth-order valence-corrected chi connectivity index (χ4v) is 2.85. The molecule has 2 heterocycles. The Hall–Kier alpha value is -4.20.